The SMILES string of the molecule is Cc1ncsc1CN(Cc1ccccc1)C(=O)c1ccc2c(c1)CCO2. The maximum atomic E-state index is 13.3. The van der Waals surface area contributed by atoms with E-state index in [-0.39, 0.29) is 5.91 Å². The molecular weight excluding hydrogens is 344 g/mol. The van der Waals surface area contributed by atoms with E-state index in [1.807, 2.05) is 53.7 Å². The Morgan fingerprint density at radius 1 is 1.19 bits per heavy atom. The lowest BCUT2D eigenvalue weighted by molar-refractivity contribution is 0.0731. The van der Waals surface area contributed by atoms with Gasteiger partial charge in [-0.25, -0.2) is 4.98 Å². The van der Waals surface area contributed by atoms with Crippen molar-refractivity contribution in [1.29, 1.82) is 0 Å². The minimum absolute atomic E-state index is 0.0383. The highest BCUT2D eigenvalue weighted by Gasteiger charge is 2.21. The first-order chi connectivity index (χ1) is 12.7. The Hall–Kier alpha value is -2.66. The smallest absolute Gasteiger partial charge is 0.254 e. The van der Waals surface area contributed by atoms with Crippen LogP contribution in [0.15, 0.2) is 54.0 Å². The van der Waals surface area contributed by atoms with E-state index in [1.54, 1.807) is 11.3 Å². The molecule has 0 bridgehead atoms. The average Bonchev–Trinajstić information content (AvgIpc) is 3.29. The number of amides is 1. The molecule has 3 aromatic rings. The van der Waals surface area contributed by atoms with Gasteiger partial charge in [-0.05, 0) is 36.2 Å². The van der Waals surface area contributed by atoms with E-state index >= 15 is 0 Å². The zero-order valence-electron chi connectivity index (χ0n) is 14.6. The van der Waals surface area contributed by atoms with Crippen LogP contribution in [0.5, 0.6) is 5.75 Å². The van der Waals surface area contributed by atoms with Gasteiger partial charge in [-0.2, -0.15) is 0 Å². The van der Waals surface area contributed by atoms with Gasteiger partial charge in [0.25, 0.3) is 5.91 Å². The molecule has 0 N–H and O–H groups in total. The monoisotopic (exact) mass is 364 g/mol. The second kappa shape index (κ2) is 7.30. The molecule has 0 spiro atoms. The second-order valence-electron chi connectivity index (χ2n) is 6.43. The van der Waals surface area contributed by atoms with Gasteiger partial charge < -0.3 is 9.64 Å². The van der Waals surface area contributed by atoms with Crippen molar-refractivity contribution >= 4 is 17.2 Å². The number of aromatic nitrogens is 1. The Morgan fingerprint density at radius 2 is 2.04 bits per heavy atom. The molecule has 0 unspecified atom stereocenters. The molecule has 2 heterocycles. The Bertz CT molecular complexity index is 921. The molecule has 5 heteroatoms. The fourth-order valence-electron chi connectivity index (χ4n) is 3.16. The third-order valence-corrected chi connectivity index (χ3v) is 5.54. The van der Waals surface area contributed by atoms with Crippen molar-refractivity contribution in [2.24, 2.45) is 0 Å². The fourth-order valence-corrected chi connectivity index (χ4v) is 3.95. The van der Waals surface area contributed by atoms with Gasteiger partial charge in [-0.15, -0.1) is 11.3 Å². The number of fused-ring (bicyclic) bond motifs is 1. The average molecular weight is 364 g/mol. The molecule has 0 saturated heterocycles. The van der Waals surface area contributed by atoms with Gasteiger partial charge in [0.2, 0.25) is 0 Å². The van der Waals surface area contributed by atoms with Crippen molar-refractivity contribution in [3.63, 3.8) is 0 Å². The van der Waals surface area contributed by atoms with Gasteiger partial charge in [-0.3, -0.25) is 4.79 Å². The summed E-state index contributed by atoms with van der Waals surface area (Å²) < 4.78 is 5.56. The number of rotatable bonds is 5. The summed E-state index contributed by atoms with van der Waals surface area (Å²) in [5.41, 5.74) is 5.77. The van der Waals surface area contributed by atoms with E-state index in [1.165, 1.54) is 0 Å². The van der Waals surface area contributed by atoms with Crippen molar-refractivity contribution in [2.45, 2.75) is 26.4 Å². The Kier molecular flexibility index (Phi) is 4.71. The molecule has 2 aromatic carbocycles. The van der Waals surface area contributed by atoms with Crippen LogP contribution < -0.4 is 4.74 Å². The molecule has 0 saturated carbocycles. The number of carbonyl (C=O) groups is 1. The fraction of sp³-hybridized carbons (Fsp3) is 0.238. The quantitative estimate of drug-likeness (QED) is 0.680. The van der Waals surface area contributed by atoms with Crippen LogP contribution in [0.1, 0.15) is 32.1 Å². The molecule has 0 atom stereocenters. The van der Waals surface area contributed by atoms with Crippen molar-refractivity contribution in [1.82, 2.24) is 9.88 Å². The number of aryl methyl sites for hydroxylation is 1. The zero-order valence-corrected chi connectivity index (χ0v) is 15.5. The molecule has 0 radical (unpaired) electrons. The Morgan fingerprint density at radius 3 is 2.81 bits per heavy atom. The molecule has 4 rings (SSSR count). The van der Waals surface area contributed by atoms with Gasteiger partial charge in [0, 0.05) is 23.4 Å². The summed E-state index contributed by atoms with van der Waals surface area (Å²) in [5, 5.41) is 0. The second-order valence-corrected chi connectivity index (χ2v) is 7.37. The summed E-state index contributed by atoms with van der Waals surface area (Å²) in [6, 6.07) is 15.8. The zero-order chi connectivity index (χ0) is 17.9. The molecule has 1 aromatic heterocycles. The minimum Gasteiger partial charge on any atom is -0.493 e. The van der Waals surface area contributed by atoms with Gasteiger partial charge in [0.15, 0.2) is 0 Å². The normalized spacial score (nSPS) is 12.5. The lowest BCUT2D eigenvalue weighted by atomic mass is 10.1. The van der Waals surface area contributed by atoms with Gasteiger partial charge >= 0.3 is 0 Å². The van der Waals surface area contributed by atoms with E-state index in [4.69, 9.17) is 4.74 Å². The van der Waals surface area contributed by atoms with Crippen molar-refractivity contribution in [3.05, 3.63) is 81.3 Å². The van der Waals surface area contributed by atoms with E-state index < -0.39 is 0 Å². The van der Waals surface area contributed by atoms with E-state index in [0.29, 0.717) is 25.3 Å². The number of carbonyl (C=O) groups excluding carboxylic acids is 1. The number of nitrogens with zero attached hydrogens (tertiary/aromatic N) is 2. The number of thiazole rings is 1. The molecule has 0 fully saturated rings. The number of ether oxygens (including phenoxy) is 1. The van der Waals surface area contributed by atoms with Crippen LogP contribution in [0.4, 0.5) is 0 Å². The van der Waals surface area contributed by atoms with Crippen LogP contribution in [0.3, 0.4) is 0 Å². The molecule has 1 aliphatic heterocycles. The highest BCUT2D eigenvalue weighted by molar-refractivity contribution is 7.09. The summed E-state index contributed by atoms with van der Waals surface area (Å²) in [7, 11) is 0. The Balaban J connectivity index is 1.62. The molecule has 26 heavy (non-hydrogen) atoms. The van der Waals surface area contributed by atoms with Crippen LogP contribution >= 0.6 is 11.3 Å². The summed E-state index contributed by atoms with van der Waals surface area (Å²) in [4.78, 5) is 20.6. The molecular formula is C21H20N2O2S. The van der Waals surface area contributed by atoms with Crippen LogP contribution in [-0.2, 0) is 19.5 Å². The lowest BCUT2D eigenvalue weighted by Crippen LogP contribution is -2.30. The van der Waals surface area contributed by atoms with Gasteiger partial charge in [0.1, 0.15) is 5.75 Å². The van der Waals surface area contributed by atoms with Crippen LogP contribution in [-0.4, -0.2) is 22.4 Å². The van der Waals surface area contributed by atoms with Gasteiger partial charge in [-0.1, -0.05) is 30.3 Å². The van der Waals surface area contributed by atoms with Crippen LogP contribution in [0.2, 0.25) is 0 Å². The standard InChI is InChI=1S/C21H20N2O2S/c1-15-20(26-14-22-15)13-23(12-16-5-3-2-4-6-16)21(24)18-7-8-19-17(11-18)9-10-25-19/h2-8,11,14H,9-10,12-13H2,1H3. The predicted octanol–water partition coefficient (Wildman–Crippen LogP) is 4.23. The van der Waals surface area contributed by atoms with Crippen molar-refractivity contribution < 1.29 is 9.53 Å². The predicted molar refractivity (Wildman–Crippen MR) is 103 cm³/mol. The maximum absolute atomic E-state index is 13.3. The summed E-state index contributed by atoms with van der Waals surface area (Å²) in [6.07, 6.45) is 0.864. The van der Waals surface area contributed by atoms with Crippen LogP contribution in [0.25, 0.3) is 0 Å². The molecule has 1 aliphatic rings. The third-order valence-electron chi connectivity index (χ3n) is 4.62. The minimum atomic E-state index is 0.0383. The summed E-state index contributed by atoms with van der Waals surface area (Å²) in [6.45, 7) is 3.83. The topological polar surface area (TPSA) is 42.4 Å². The van der Waals surface area contributed by atoms with Gasteiger partial charge in [0.05, 0.1) is 24.4 Å². The molecule has 1 amide bonds. The van der Waals surface area contributed by atoms with E-state index in [0.717, 1.165) is 33.9 Å². The maximum Gasteiger partial charge on any atom is 0.254 e. The van der Waals surface area contributed by atoms with E-state index in [9.17, 15) is 4.79 Å². The lowest BCUT2D eigenvalue weighted by Gasteiger charge is -2.23. The largest absolute Gasteiger partial charge is 0.493 e. The first-order valence-corrected chi connectivity index (χ1v) is 9.56. The number of benzene rings is 2. The van der Waals surface area contributed by atoms with Crippen molar-refractivity contribution in [3.8, 4) is 5.75 Å². The third kappa shape index (κ3) is 3.48. The molecule has 4 nitrogen and oxygen atoms in total. The van der Waals surface area contributed by atoms with Crippen LogP contribution in [0, 0.1) is 6.92 Å². The first kappa shape index (κ1) is 16.8. The summed E-state index contributed by atoms with van der Waals surface area (Å²) in [5.74, 6) is 0.936. The Labute approximate surface area is 157 Å². The highest BCUT2D eigenvalue weighted by Crippen LogP contribution is 2.27. The van der Waals surface area contributed by atoms with E-state index in [2.05, 4.69) is 17.1 Å². The first-order valence-electron chi connectivity index (χ1n) is 8.68. The molecule has 132 valence electrons. The summed E-state index contributed by atoms with van der Waals surface area (Å²) >= 11 is 1.60. The molecule has 0 aliphatic carbocycles. The number of hydrogen-bond acceptors (Lipinski definition) is 4. The number of hydrogen-bond donors (Lipinski definition) is 0. The highest BCUT2D eigenvalue weighted by atomic mass is 32.1. The van der Waals surface area contributed by atoms with Crippen molar-refractivity contribution in [2.75, 3.05) is 6.61 Å².